The maximum atomic E-state index is 8.49. The number of thiazole rings is 1. The summed E-state index contributed by atoms with van der Waals surface area (Å²) < 4.78 is 37.6. The van der Waals surface area contributed by atoms with Crippen LogP contribution in [0.4, 0.5) is 0 Å². The van der Waals surface area contributed by atoms with Crippen molar-refractivity contribution in [1.82, 2.24) is 4.98 Å². The molecule has 0 aliphatic carbocycles. The first-order chi connectivity index (χ1) is 18.8. The van der Waals surface area contributed by atoms with Crippen molar-refractivity contribution in [2.24, 2.45) is 0 Å². The smallest absolute Gasteiger partial charge is 0.230 e. The van der Waals surface area contributed by atoms with Gasteiger partial charge in [0.15, 0.2) is 11.6 Å². The Hall–Kier alpha value is -3.95. The van der Waals surface area contributed by atoms with E-state index in [1.54, 1.807) is 11.3 Å². The van der Waals surface area contributed by atoms with E-state index in [0.717, 1.165) is 22.8 Å². The molecule has 194 valence electrons. The fourth-order valence-electron chi connectivity index (χ4n) is 4.36. The maximum absolute atomic E-state index is 8.49. The summed E-state index contributed by atoms with van der Waals surface area (Å²) in [6, 6.07) is 44.9. The van der Waals surface area contributed by atoms with Crippen molar-refractivity contribution in [2.75, 3.05) is 0 Å². The molecule has 39 heavy (non-hydrogen) atoms. The third-order valence-corrected chi connectivity index (χ3v) is 7.10. The molecule has 0 atom stereocenters. The van der Waals surface area contributed by atoms with Crippen LogP contribution in [0.1, 0.15) is 5.56 Å². The molecule has 6 aromatic rings. The first-order valence-corrected chi connectivity index (χ1v) is 14.1. The number of benzene rings is 4. The molecule has 0 spiro atoms. The monoisotopic (exact) mass is 554 g/mol. The van der Waals surface area contributed by atoms with Gasteiger partial charge in [0.05, 0.1) is 10.2 Å². The summed E-state index contributed by atoms with van der Waals surface area (Å²) in [5.74, 6) is 0. The highest BCUT2D eigenvalue weighted by Crippen LogP contribution is 2.33. The number of fused-ring (bicyclic) bond motifs is 1. The van der Waals surface area contributed by atoms with Crippen molar-refractivity contribution in [1.29, 1.82) is 0 Å². The van der Waals surface area contributed by atoms with E-state index in [4.69, 9.17) is 23.6 Å². The van der Waals surface area contributed by atoms with E-state index in [1.807, 2.05) is 0 Å². The fraction of sp³-hybridized carbons (Fsp3) is 0.0323. The SMILES string of the molecule is [O-][Cl+3]([O-])([O-])[O-].c1ccc(C[n+]2c(-c3ccccc3)cc(-c3ccccc3)cc2-c2nc3ccccc3s2)cc1. The summed E-state index contributed by atoms with van der Waals surface area (Å²) in [7, 11) is -4.94. The van der Waals surface area contributed by atoms with Gasteiger partial charge in [-0.1, -0.05) is 91.0 Å². The van der Waals surface area contributed by atoms with Crippen molar-refractivity contribution in [3.05, 3.63) is 133 Å². The second-order valence-corrected chi connectivity index (χ2v) is 10.5. The lowest BCUT2D eigenvalue weighted by atomic mass is 10.0. The summed E-state index contributed by atoms with van der Waals surface area (Å²) in [6.45, 7) is 0.769. The van der Waals surface area contributed by atoms with Gasteiger partial charge >= 0.3 is 0 Å². The zero-order chi connectivity index (χ0) is 27.2. The third-order valence-electron chi connectivity index (χ3n) is 6.04. The minimum Gasteiger partial charge on any atom is -0.230 e. The van der Waals surface area contributed by atoms with E-state index in [2.05, 4.69) is 132 Å². The molecule has 0 unspecified atom stereocenters. The molecule has 0 radical (unpaired) electrons. The Morgan fingerprint density at radius 1 is 0.590 bits per heavy atom. The van der Waals surface area contributed by atoms with Crippen molar-refractivity contribution in [3.63, 3.8) is 0 Å². The number of halogens is 1. The molecule has 2 heterocycles. The second-order valence-electron chi connectivity index (χ2n) is 8.68. The molecule has 6 nitrogen and oxygen atoms in total. The molecule has 0 aliphatic heterocycles. The lowest BCUT2D eigenvalue weighted by Gasteiger charge is -2.17. The lowest BCUT2D eigenvalue weighted by Crippen LogP contribution is -2.68. The molecule has 0 saturated carbocycles. The van der Waals surface area contributed by atoms with Crippen LogP contribution in [0.25, 0.3) is 43.3 Å². The van der Waals surface area contributed by atoms with Crippen LogP contribution in [-0.2, 0) is 6.54 Å². The van der Waals surface area contributed by atoms with E-state index in [0.29, 0.717) is 0 Å². The Morgan fingerprint density at radius 3 is 1.72 bits per heavy atom. The quantitative estimate of drug-likeness (QED) is 0.304. The average Bonchev–Trinajstić information content (AvgIpc) is 3.38. The topological polar surface area (TPSA) is 109 Å². The number of rotatable bonds is 5. The van der Waals surface area contributed by atoms with Crippen LogP contribution in [0.5, 0.6) is 0 Å². The van der Waals surface area contributed by atoms with E-state index in [-0.39, 0.29) is 0 Å². The van der Waals surface area contributed by atoms with Crippen molar-refractivity contribution < 1.29 is 33.4 Å². The van der Waals surface area contributed by atoms with Crippen LogP contribution in [0.15, 0.2) is 127 Å². The van der Waals surface area contributed by atoms with Crippen LogP contribution < -0.4 is 23.2 Å². The molecule has 2 aromatic heterocycles. The van der Waals surface area contributed by atoms with Crippen molar-refractivity contribution in [2.45, 2.75) is 6.54 Å². The Kier molecular flexibility index (Phi) is 8.09. The first kappa shape index (κ1) is 26.6. The molecule has 6 rings (SSSR count). The molecule has 0 N–H and O–H groups in total. The van der Waals surface area contributed by atoms with Crippen LogP contribution in [-0.4, -0.2) is 4.98 Å². The Morgan fingerprint density at radius 2 is 1.10 bits per heavy atom. The van der Waals surface area contributed by atoms with Gasteiger partial charge in [-0.05, 0) is 35.4 Å². The van der Waals surface area contributed by atoms with Gasteiger partial charge in [0, 0.05) is 23.3 Å². The molecule has 4 aromatic carbocycles. The van der Waals surface area contributed by atoms with Gasteiger partial charge in [-0.2, -0.15) is 4.57 Å². The van der Waals surface area contributed by atoms with Crippen molar-refractivity contribution in [3.8, 4) is 33.1 Å². The summed E-state index contributed by atoms with van der Waals surface area (Å²) >= 11 is 1.75. The Bertz CT molecular complexity index is 1630. The summed E-state index contributed by atoms with van der Waals surface area (Å²) in [6.07, 6.45) is 0. The molecule has 0 fully saturated rings. The third kappa shape index (κ3) is 6.93. The highest BCUT2D eigenvalue weighted by atomic mass is 35.7. The number of nitrogens with zero attached hydrogens (tertiary/aromatic N) is 2. The van der Waals surface area contributed by atoms with Crippen LogP contribution in [0.2, 0.25) is 0 Å². The molecule has 0 saturated heterocycles. The van der Waals surface area contributed by atoms with Crippen LogP contribution in [0, 0.1) is 10.2 Å². The predicted molar refractivity (Wildman–Crippen MR) is 142 cm³/mol. The van der Waals surface area contributed by atoms with Crippen LogP contribution in [0.3, 0.4) is 0 Å². The minimum absolute atomic E-state index is 0.769. The van der Waals surface area contributed by atoms with E-state index in [9.17, 15) is 0 Å². The number of para-hydroxylation sites is 1. The van der Waals surface area contributed by atoms with Gasteiger partial charge in [0.2, 0.25) is 11.4 Å². The summed E-state index contributed by atoms with van der Waals surface area (Å²) in [4.78, 5) is 5.05. The number of hydrogen-bond donors (Lipinski definition) is 0. The standard InChI is InChI=1S/C31H23N2S.ClHO4/c1-4-12-23(13-5-1)22-33-28(25-16-8-3-9-17-25)20-26(24-14-6-2-7-15-24)21-29(33)31-32-27-18-10-11-19-30(27)34-31;2-1(3,4)5/h1-21H,22H2;(H,2,3,4,5)/q+1;/p-1. The Labute approximate surface area is 232 Å². The summed E-state index contributed by atoms with van der Waals surface area (Å²) in [5, 5.41) is 1.03. The van der Waals surface area contributed by atoms with Gasteiger partial charge < -0.3 is 0 Å². The minimum atomic E-state index is -4.94. The second kappa shape index (κ2) is 11.8. The predicted octanol–water partition coefficient (Wildman–Crippen LogP) is 2.88. The van der Waals surface area contributed by atoms with E-state index >= 15 is 0 Å². The highest BCUT2D eigenvalue weighted by Gasteiger charge is 2.25. The maximum Gasteiger partial charge on any atom is 0.242 e. The van der Waals surface area contributed by atoms with Crippen molar-refractivity contribution >= 4 is 21.6 Å². The molecule has 8 heteroatoms. The van der Waals surface area contributed by atoms with Gasteiger partial charge in [-0.3, -0.25) is 0 Å². The molecule has 0 amide bonds. The number of aromatic nitrogens is 2. The van der Waals surface area contributed by atoms with Gasteiger partial charge in [-0.25, -0.2) is 23.6 Å². The summed E-state index contributed by atoms with van der Waals surface area (Å²) in [5.41, 5.74) is 8.20. The largest absolute Gasteiger partial charge is 0.242 e. The lowest BCUT2D eigenvalue weighted by molar-refractivity contribution is -2.00. The average molecular weight is 555 g/mol. The molecule has 0 bridgehead atoms. The van der Waals surface area contributed by atoms with E-state index in [1.165, 1.54) is 32.6 Å². The zero-order valence-corrected chi connectivity index (χ0v) is 22.2. The molecular formula is C31H23ClN2O4S. The highest BCUT2D eigenvalue weighted by molar-refractivity contribution is 7.21. The van der Waals surface area contributed by atoms with E-state index < -0.39 is 10.2 Å². The first-order valence-electron chi connectivity index (χ1n) is 12.1. The normalized spacial score (nSPS) is 11.2. The van der Waals surface area contributed by atoms with Gasteiger partial charge in [-0.15, -0.1) is 21.6 Å². The fourth-order valence-corrected chi connectivity index (χ4v) is 5.35. The van der Waals surface area contributed by atoms with Crippen LogP contribution >= 0.6 is 11.3 Å². The Balaban J connectivity index is 0.000000567. The van der Waals surface area contributed by atoms with Gasteiger partial charge in [0.1, 0.15) is 0 Å². The molecule has 0 aliphatic rings. The zero-order valence-electron chi connectivity index (χ0n) is 20.6. The van der Waals surface area contributed by atoms with Gasteiger partial charge in [0.25, 0.3) is 0 Å². The molecular weight excluding hydrogens is 532 g/mol. The number of pyridine rings is 1. The number of hydrogen-bond acceptors (Lipinski definition) is 6.